The van der Waals surface area contributed by atoms with Crippen molar-refractivity contribution < 1.29 is 9.90 Å². The van der Waals surface area contributed by atoms with Gasteiger partial charge in [-0.3, -0.25) is 10.2 Å². The van der Waals surface area contributed by atoms with Crippen molar-refractivity contribution >= 4 is 11.8 Å². The summed E-state index contributed by atoms with van der Waals surface area (Å²) >= 11 is 0. The summed E-state index contributed by atoms with van der Waals surface area (Å²) in [6.07, 6.45) is 0. The molecule has 1 unspecified atom stereocenters. The smallest absolute Gasteiger partial charge is 0.317 e. The first kappa shape index (κ1) is 9.90. The molecule has 0 aliphatic carbocycles. The predicted molar refractivity (Wildman–Crippen MR) is 41.6 cm³/mol. The molecule has 0 aromatic carbocycles. The molecule has 0 aromatic heterocycles. The van der Waals surface area contributed by atoms with Crippen LogP contribution in [0.25, 0.3) is 0 Å². The lowest BCUT2D eigenvalue weighted by molar-refractivity contribution is -0.135. The maximum absolute atomic E-state index is 10.0. The van der Waals surface area contributed by atoms with Crippen LogP contribution in [0.15, 0.2) is 0 Å². The number of rotatable bonds is 5. The van der Waals surface area contributed by atoms with Gasteiger partial charge in [0.15, 0.2) is 0 Å². The second kappa shape index (κ2) is 4.68. The maximum atomic E-state index is 10.0. The molecule has 0 aromatic rings. The van der Waals surface area contributed by atoms with Gasteiger partial charge in [-0.15, -0.1) is 0 Å². The minimum atomic E-state index is -0.902. The van der Waals surface area contributed by atoms with Crippen LogP contribution in [0.1, 0.15) is 6.92 Å². The van der Waals surface area contributed by atoms with Crippen molar-refractivity contribution in [2.24, 2.45) is 11.7 Å². The number of carbonyl (C=O) groups is 1. The molecule has 11 heavy (non-hydrogen) atoms. The van der Waals surface area contributed by atoms with Gasteiger partial charge in [-0.25, -0.2) is 0 Å². The van der Waals surface area contributed by atoms with Gasteiger partial charge in [0.05, 0.1) is 12.4 Å². The normalized spacial score (nSPS) is 12.5. The number of nitrogens with one attached hydrogen (secondary N) is 2. The van der Waals surface area contributed by atoms with E-state index in [-0.39, 0.29) is 18.3 Å². The van der Waals surface area contributed by atoms with Gasteiger partial charge in [0.2, 0.25) is 0 Å². The Kier molecular flexibility index (Phi) is 4.21. The Hall–Kier alpha value is -1.10. The lowest BCUT2D eigenvalue weighted by Crippen LogP contribution is -2.33. The lowest BCUT2D eigenvalue weighted by Gasteiger charge is -2.08. The molecule has 5 N–H and O–H groups in total. The van der Waals surface area contributed by atoms with E-state index in [1.807, 2.05) is 0 Å². The first-order valence-corrected chi connectivity index (χ1v) is 3.30. The summed E-state index contributed by atoms with van der Waals surface area (Å²) in [4.78, 5) is 10.0. The van der Waals surface area contributed by atoms with Crippen LogP contribution in [0.3, 0.4) is 0 Å². The van der Waals surface area contributed by atoms with Crippen LogP contribution < -0.4 is 11.1 Å². The van der Waals surface area contributed by atoms with Crippen molar-refractivity contribution in [2.45, 2.75) is 6.92 Å². The summed E-state index contributed by atoms with van der Waals surface area (Å²) in [5.74, 6) is -0.932. The van der Waals surface area contributed by atoms with Gasteiger partial charge >= 0.3 is 5.97 Å². The van der Waals surface area contributed by atoms with Crippen LogP contribution in [0, 0.1) is 11.3 Å². The summed E-state index contributed by atoms with van der Waals surface area (Å²) < 4.78 is 0. The molecule has 0 amide bonds. The van der Waals surface area contributed by atoms with E-state index < -0.39 is 5.97 Å². The molecule has 0 rings (SSSR count). The Morgan fingerprint density at radius 1 is 1.82 bits per heavy atom. The van der Waals surface area contributed by atoms with Crippen molar-refractivity contribution in [2.75, 3.05) is 13.1 Å². The Morgan fingerprint density at radius 2 is 2.36 bits per heavy atom. The molecule has 0 saturated heterocycles. The first-order valence-electron chi connectivity index (χ1n) is 3.30. The molecule has 0 bridgehead atoms. The SMILES string of the molecule is CC(CNCC(=O)O)C(=N)N. The monoisotopic (exact) mass is 159 g/mol. The maximum Gasteiger partial charge on any atom is 0.317 e. The molecule has 0 fully saturated rings. The third-order valence-corrected chi connectivity index (χ3v) is 1.26. The van der Waals surface area contributed by atoms with E-state index in [4.69, 9.17) is 16.2 Å². The minimum Gasteiger partial charge on any atom is -0.480 e. The fourth-order valence-corrected chi connectivity index (χ4v) is 0.506. The molecular formula is C6H13N3O2. The van der Waals surface area contributed by atoms with Gasteiger partial charge in [-0.2, -0.15) is 0 Å². The van der Waals surface area contributed by atoms with E-state index in [2.05, 4.69) is 5.32 Å². The highest BCUT2D eigenvalue weighted by Gasteiger charge is 2.04. The molecule has 0 radical (unpaired) electrons. The van der Waals surface area contributed by atoms with Gasteiger partial charge in [-0.05, 0) is 0 Å². The van der Waals surface area contributed by atoms with Crippen LogP contribution >= 0.6 is 0 Å². The Balaban J connectivity index is 3.39. The third kappa shape index (κ3) is 5.35. The topological polar surface area (TPSA) is 99.2 Å². The lowest BCUT2D eigenvalue weighted by atomic mass is 10.1. The molecule has 5 nitrogen and oxygen atoms in total. The van der Waals surface area contributed by atoms with E-state index in [0.717, 1.165) is 0 Å². The Bertz CT molecular complexity index is 158. The number of aliphatic carboxylic acids is 1. The third-order valence-electron chi connectivity index (χ3n) is 1.26. The summed E-state index contributed by atoms with van der Waals surface area (Å²) in [6, 6.07) is 0. The van der Waals surface area contributed by atoms with Crippen molar-refractivity contribution in [1.82, 2.24) is 5.32 Å². The van der Waals surface area contributed by atoms with Crippen LogP contribution in [-0.2, 0) is 4.79 Å². The second-order valence-corrected chi connectivity index (χ2v) is 2.38. The van der Waals surface area contributed by atoms with Crippen molar-refractivity contribution in [3.8, 4) is 0 Å². The molecule has 64 valence electrons. The molecule has 0 aliphatic rings. The van der Waals surface area contributed by atoms with Crippen molar-refractivity contribution in [1.29, 1.82) is 5.41 Å². The van der Waals surface area contributed by atoms with E-state index in [1.165, 1.54) is 0 Å². The van der Waals surface area contributed by atoms with Gasteiger partial charge in [0.1, 0.15) is 0 Å². The summed E-state index contributed by atoms with van der Waals surface area (Å²) in [6.45, 7) is 2.11. The molecular weight excluding hydrogens is 146 g/mol. The summed E-state index contributed by atoms with van der Waals surface area (Å²) in [5, 5.41) is 17.8. The number of carboxylic acids is 1. The van der Waals surface area contributed by atoms with Crippen molar-refractivity contribution in [3.05, 3.63) is 0 Å². The average Bonchev–Trinajstić information content (AvgIpc) is 1.86. The van der Waals surface area contributed by atoms with Gasteiger partial charge in [0.25, 0.3) is 0 Å². The van der Waals surface area contributed by atoms with Crippen LogP contribution in [0.5, 0.6) is 0 Å². The van der Waals surface area contributed by atoms with Gasteiger partial charge in [-0.1, -0.05) is 6.92 Å². The van der Waals surface area contributed by atoms with Crippen molar-refractivity contribution in [3.63, 3.8) is 0 Å². The standard InChI is InChI=1S/C6H13N3O2/c1-4(6(7)8)2-9-3-5(10)11/h4,9H,2-3H2,1H3,(H3,7,8)(H,10,11). The van der Waals surface area contributed by atoms with E-state index in [1.54, 1.807) is 6.92 Å². The molecule has 5 heteroatoms. The number of hydrogen-bond acceptors (Lipinski definition) is 3. The van der Waals surface area contributed by atoms with Gasteiger partial charge in [0, 0.05) is 12.5 Å². The number of amidine groups is 1. The van der Waals surface area contributed by atoms with E-state index in [9.17, 15) is 4.79 Å². The van der Waals surface area contributed by atoms with Crippen LogP contribution in [0.2, 0.25) is 0 Å². The highest BCUT2D eigenvalue weighted by molar-refractivity contribution is 5.79. The van der Waals surface area contributed by atoms with Crippen LogP contribution in [-0.4, -0.2) is 30.0 Å². The molecule has 0 spiro atoms. The number of nitrogens with two attached hydrogens (primary N) is 1. The molecule has 1 atom stereocenters. The second-order valence-electron chi connectivity index (χ2n) is 2.38. The average molecular weight is 159 g/mol. The highest BCUT2D eigenvalue weighted by atomic mass is 16.4. The summed E-state index contributed by atoms with van der Waals surface area (Å²) in [7, 11) is 0. The van der Waals surface area contributed by atoms with E-state index >= 15 is 0 Å². The zero-order valence-corrected chi connectivity index (χ0v) is 6.42. The zero-order valence-electron chi connectivity index (χ0n) is 6.42. The first-order chi connectivity index (χ1) is 5.04. The largest absolute Gasteiger partial charge is 0.480 e. The fourth-order valence-electron chi connectivity index (χ4n) is 0.506. The Morgan fingerprint density at radius 3 is 2.73 bits per heavy atom. The zero-order chi connectivity index (χ0) is 8.85. The minimum absolute atomic E-state index is 0.0721. The van der Waals surface area contributed by atoms with Crippen LogP contribution in [0.4, 0.5) is 0 Å². The predicted octanol–water partition coefficient (Wildman–Crippen LogP) is -0.767. The number of carboxylic acid groups (broad SMARTS) is 1. The number of hydrogen-bond donors (Lipinski definition) is 4. The molecule has 0 saturated carbocycles. The highest BCUT2D eigenvalue weighted by Crippen LogP contribution is 1.88. The molecule has 0 aliphatic heterocycles. The Labute approximate surface area is 65.1 Å². The summed E-state index contributed by atoms with van der Waals surface area (Å²) in [5.41, 5.74) is 5.15. The fraction of sp³-hybridized carbons (Fsp3) is 0.667. The van der Waals surface area contributed by atoms with E-state index in [0.29, 0.717) is 6.54 Å². The quantitative estimate of drug-likeness (QED) is 0.313. The van der Waals surface area contributed by atoms with Gasteiger partial charge < -0.3 is 16.2 Å². The molecule has 0 heterocycles.